The lowest BCUT2D eigenvalue weighted by Crippen LogP contribution is -2.58. The Morgan fingerprint density at radius 1 is 1.22 bits per heavy atom. The molecule has 1 amide bonds. The van der Waals surface area contributed by atoms with Crippen molar-refractivity contribution >= 4 is 29.3 Å². The van der Waals surface area contributed by atoms with Crippen LogP contribution in [0.3, 0.4) is 0 Å². The fourth-order valence-electron chi connectivity index (χ4n) is 3.92. The van der Waals surface area contributed by atoms with Gasteiger partial charge in [-0.3, -0.25) is 14.5 Å². The van der Waals surface area contributed by atoms with Crippen molar-refractivity contribution in [3.05, 3.63) is 58.5 Å². The number of carboxylic acid groups (broad SMARTS) is 1. The third-order valence-corrected chi connectivity index (χ3v) is 5.89. The monoisotopic (exact) mass is 462 g/mol. The maximum Gasteiger partial charge on any atom is 0.303 e. The Hall–Kier alpha value is -2.71. The fraction of sp³-hybridized carbons (Fsp3) is 0.435. The first-order valence-electron chi connectivity index (χ1n) is 10.6. The van der Waals surface area contributed by atoms with Crippen molar-refractivity contribution in [3.63, 3.8) is 0 Å². The summed E-state index contributed by atoms with van der Waals surface area (Å²) in [6, 6.07) is 8.34. The molecule has 0 bridgehead atoms. The minimum atomic E-state index is -0.909. The number of carbonyl (C=O) groups is 2. The number of aromatic nitrogens is 1. The Kier molecular flexibility index (Phi) is 8.04. The summed E-state index contributed by atoms with van der Waals surface area (Å²) in [6.45, 7) is 6.15. The normalized spacial score (nSPS) is 19.1. The van der Waals surface area contributed by atoms with Crippen LogP contribution in [0, 0.1) is 5.82 Å². The Balaban J connectivity index is 1.58. The van der Waals surface area contributed by atoms with Gasteiger partial charge in [0.25, 0.3) is 0 Å². The van der Waals surface area contributed by atoms with Crippen LogP contribution in [-0.2, 0) is 22.6 Å². The summed E-state index contributed by atoms with van der Waals surface area (Å²) >= 11 is 6.00. The molecule has 2 N–H and O–H groups in total. The molecule has 1 aromatic carbocycles. The number of nitrogens with zero attached hydrogens (tertiary/aromatic N) is 3. The SMILES string of the molecule is C[C@@H]1CN(Cc2ccc(F)cc2)[C@@H](C)CN1C(=O)CNc1ncc(Cl)cc1CCC(=O)O. The van der Waals surface area contributed by atoms with Gasteiger partial charge in [-0.25, -0.2) is 9.37 Å². The van der Waals surface area contributed by atoms with E-state index in [9.17, 15) is 14.0 Å². The van der Waals surface area contributed by atoms with Crippen LogP contribution >= 0.6 is 11.6 Å². The standard InChI is InChI=1S/C23H28ClFN4O3/c1-15-13-29(16(2)12-28(15)14-17-3-6-20(25)7-4-17)21(30)11-27-23-18(5-8-22(31)32)9-19(24)10-26-23/h3-4,6-7,9-10,15-16H,5,8,11-14H2,1-2H3,(H,26,27)(H,31,32)/t15-,16+/m0/s1. The van der Waals surface area contributed by atoms with Crippen molar-refractivity contribution < 1.29 is 19.1 Å². The zero-order chi connectivity index (χ0) is 23.3. The number of piperazine rings is 1. The van der Waals surface area contributed by atoms with E-state index in [-0.39, 0.29) is 43.2 Å². The first-order chi connectivity index (χ1) is 15.2. The molecule has 1 saturated heterocycles. The van der Waals surface area contributed by atoms with E-state index in [1.165, 1.54) is 18.3 Å². The second-order valence-electron chi connectivity index (χ2n) is 8.21. The molecule has 9 heteroatoms. The van der Waals surface area contributed by atoms with Crippen LogP contribution in [0.5, 0.6) is 0 Å². The number of anilines is 1. The number of aliphatic carboxylic acids is 1. The average molecular weight is 463 g/mol. The number of aryl methyl sites for hydroxylation is 1. The molecule has 1 aromatic heterocycles. The minimum Gasteiger partial charge on any atom is -0.481 e. The molecule has 0 saturated carbocycles. The second kappa shape index (κ2) is 10.7. The average Bonchev–Trinajstić information content (AvgIpc) is 2.75. The molecule has 172 valence electrons. The van der Waals surface area contributed by atoms with E-state index >= 15 is 0 Å². The number of halogens is 2. The maximum atomic E-state index is 13.2. The van der Waals surface area contributed by atoms with E-state index in [1.807, 2.05) is 11.8 Å². The molecule has 1 aliphatic heterocycles. The Morgan fingerprint density at radius 3 is 2.62 bits per heavy atom. The van der Waals surface area contributed by atoms with E-state index < -0.39 is 5.97 Å². The molecule has 0 aliphatic carbocycles. The van der Waals surface area contributed by atoms with Gasteiger partial charge in [-0.05, 0) is 49.6 Å². The lowest BCUT2D eigenvalue weighted by molar-refractivity contribution is -0.137. The number of nitrogens with one attached hydrogen (secondary N) is 1. The molecule has 3 rings (SSSR count). The molecule has 7 nitrogen and oxygen atoms in total. The smallest absolute Gasteiger partial charge is 0.303 e. The third-order valence-electron chi connectivity index (χ3n) is 5.68. The number of carboxylic acids is 1. The number of amides is 1. The molecule has 32 heavy (non-hydrogen) atoms. The lowest BCUT2D eigenvalue weighted by Gasteiger charge is -2.44. The Morgan fingerprint density at radius 2 is 1.94 bits per heavy atom. The van der Waals surface area contributed by atoms with E-state index in [2.05, 4.69) is 22.1 Å². The highest BCUT2D eigenvalue weighted by molar-refractivity contribution is 6.30. The number of carbonyl (C=O) groups excluding carboxylic acids is 1. The van der Waals surface area contributed by atoms with Gasteiger partial charge in [-0.1, -0.05) is 23.7 Å². The Bertz CT molecular complexity index is 957. The number of pyridine rings is 1. The summed E-state index contributed by atoms with van der Waals surface area (Å²) in [5.41, 5.74) is 1.70. The highest BCUT2D eigenvalue weighted by Gasteiger charge is 2.31. The maximum absolute atomic E-state index is 13.2. The van der Waals surface area contributed by atoms with E-state index in [0.717, 1.165) is 5.56 Å². The molecule has 0 unspecified atom stereocenters. The van der Waals surface area contributed by atoms with Crippen LogP contribution in [0.4, 0.5) is 10.2 Å². The summed E-state index contributed by atoms with van der Waals surface area (Å²) < 4.78 is 13.2. The summed E-state index contributed by atoms with van der Waals surface area (Å²) in [5.74, 6) is -0.737. The zero-order valence-electron chi connectivity index (χ0n) is 18.2. The van der Waals surface area contributed by atoms with Crippen molar-refractivity contribution in [2.45, 2.75) is 45.3 Å². The molecule has 2 atom stereocenters. The van der Waals surface area contributed by atoms with Crippen LogP contribution in [0.15, 0.2) is 36.5 Å². The van der Waals surface area contributed by atoms with E-state index in [1.54, 1.807) is 18.2 Å². The van der Waals surface area contributed by atoms with Crippen LogP contribution in [0.1, 0.15) is 31.4 Å². The molecule has 0 spiro atoms. The van der Waals surface area contributed by atoms with Crippen molar-refractivity contribution in [1.82, 2.24) is 14.8 Å². The van der Waals surface area contributed by atoms with Gasteiger partial charge in [0.15, 0.2) is 0 Å². The van der Waals surface area contributed by atoms with Crippen LogP contribution < -0.4 is 5.32 Å². The number of hydrogen-bond donors (Lipinski definition) is 2. The molecular weight excluding hydrogens is 435 g/mol. The predicted molar refractivity (Wildman–Crippen MR) is 121 cm³/mol. The zero-order valence-corrected chi connectivity index (χ0v) is 19.0. The van der Waals surface area contributed by atoms with Crippen molar-refractivity contribution in [2.75, 3.05) is 25.0 Å². The lowest BCUT2D eigenvalue weighted by atomic mass is 10.1. The summed E-state index contributed by atoms with van der Waals surface area (Å²) in [4.78, 5) is 32.2. The molecule has 1 fully saturated rings. The van der Waals surface area contributed by atoms with Crippen molar-refractivity contribution in [2.24, 2.45) is 0 Å². The van der Waals surface area contributed by atoms with E-state index in [0.29, 0.717) is 36.0 Å². The van der Waals surface area contributed by atoms with Gasteiger partial charge in [0.1, 0.15) is 11.6 Å². The number of rotatable bonds is 8. The first kappa shape index (κ1) is 23.9. The van der Waals surface area contributed by atoms with Gasteiger partial charge in [-0.2, -0.15) is 0 Å². The summed E-state index contributed by atoms with van der Waals surface area (Å²) in [7, 11) is 0. The second-order valence-corrected chi connectivity index (χ2v) is 8.65. The van der Waals surface area contributed by atoms with Gasteiger partial charge in [0, 0.05) is 44.3 Å². The van der Waals surface area contributed by atoms with Crippen LogP contribution in [-0.4, -0.2) is 63.5 Å². The van der Waals surface area contributed by atoms with Crippen molar-refractivity contribution in [1.29, 1.82) is 0 Å². The predicted octanol–water partition coefficient (Wildman–Crippen LogP) is 3.42. The highest BCUT2D eigenvalue weighted by atomic mass is 35.5. The largest absolute Gasteiger partial charge is 0.481 e. The minimum absolute atomic E-state index is 0.0191. The van der Waals surface area contributed by atoms with Gasteiger partial charge in [-0.15, -0.1) is 0 Å². The summed E-state index contributed by atoms with van der Waals surface area (Å²) in [6.07, 6.45) is 1.70. The van der Waals surface area contributed by atoms with Crippen LogP contribution in [0.25, 0.3) is 0 Å². The highest BCUT2D eigenvalue weighted by Crippen LogP contribution is 2.21. The van der Waals surface area contributed by atoms with Crippen LogP contribution in [0.2, 0.25) is 5.02 Å². The molecule has 2 aromatic rings. The van der Waals surface area contributed by atoms with Gasteiger partial charge in [0.2, 0.25) is 5.91 Å². The topological polar surface area (TPSA) is 85.8 Å². The molecule has 1 aliphatic rings. The van der Waals surface area contributed by atoms with E-state index in [4.69, 9.17) is 16.7 Å². The molecular formula is C23H28ClFN4O3. The first-order valence-corrected chi connectivity index (χ1v) is 11.0. The van der Waals surface area contributed by atoms with Gasteiger partial charge >= 0.3 is 5.97 Å². The summed E-state index contributed by atoms with van der Waals surface area (Å²) in [5, 5.41) is 12.4. The van der Waals surface area contributed by atoms with Gasteiger partial charge < -0.3 is 15.3 Å². The van der Waals surface area contributed by atoms with Crippen molar-refractivity contribution in [3.8, 4) is 0 Å². The number of hydrogen-bond acceptors (Lipinski definition) is 5. The fourth-order valence-corrected chi connectivity index (χ4v) is 4.10. The number of benzene rings is 1. The Labute approximate surface area is 192 Å². The molecule has 2 heterocycles. The third kappa shape index (κ3) is 6.40. The van der Waals surface area contributed by atoms with Gasteiger partial charge in [0.05, 0.1) is 11.6 Å². The quantitative estimate of drug-likeness (QED) is 0.625. The molecule has 0 radical (unpaired) electrons.